The number of aryl methyl sites for hydroxylation is 1. The highest BCUT2D eigenvalue weighted by molar-refractivity contribution is 5.89. The Bertz CT molecular complexity index is 886. The van der Waals surface area contributed by atoms with Crippen molar-refractivity contribution in [1.29, 1.82) is 0 Å². The minimum Gasteiger partial charge on any atom is -0.497 e. The zero-order chi connectivity index (χ0) is 18.4. The van der Waals surface area contributed by atoms with Crippen LogP contribution in [0.3, 0.4) is 0 Å². The van der Waals surface area contributed by atoms with Crippen LogP contribution in [-0.4, -0.2) is 17.7 Å². The summed E-state index contributed by atoms with van der Waals surface area (Å²) < 4.78 is 7.31. The highest BCUT2D eigenvalue weighted by Gasteiger charge is 2.07. The zero-order valence-electron chi connectivity index (χ0n) is 15.0. The van der Waals surface area contributed by atoms with Crippen molar-refractivity contribution in [1.82, 2.24) is 9.88 Å². The number of methoxy groups -OCH3 is 1. The molecule has 26 heavy (non-hydrogen) atoms. The molecule has 5 heteroatoms. The van der Waals surface area contributed by atoms with Crippen LogP contribution in [0, 0.1) is 6.92 Å². The van der Waals surface area contributed by atoms with E-state index in [2.05, 4.69) is 34.3 Å². The maximum atomic E-state index is 12.2. The van der Waals surface area contributed by atoms with Crippen LogP contribution in [0.5, 0.6) is 5.75 Å². The van der Waals surface area contributed by atoms with Gasteiger partial charge in [-0.15, -0.1) is 0 Å². The van der Waals surface area contributed by atoms with E-state index in [1.165, 1.54) is 11.1 Å². The number of rotatable bonds is 6. The Balaban J connectivity index is 1.59. The van der Waals surface area contributed by atoms with Crippen LogP contribution in [-0.2, 0) is 13.1 Å². The van der Waals surface area contributed by atoms with Gasteiger partial charge in [-0.2, -0.15) is 0 Å². The number of benzene rings is 2. The van der Waals surface area contributed by atoms with Gasteiger partial charge in [-0.25, -0.2) is 4.79 Å². The molecule has 0 saturated carbocycles. The van der Waals surface area contributed by atoms with Crippen LogP contribution in [0.2, 0.25) is 0 Å². The molecule has 1 heterocycles. The Hall–Kier alpha value is -3.21. The molecule has 3 rings (SSSR count). The van der Waals surface area contributed by atoms with E-state index in [1.54, 1.807) is 13.2 Å². The smallest absolute Gasteiger partial charge is 0.319 e. The second kappa shape index (κ2) is 8.25. The van der Waals surface area contributed by atoms with Gasteiger partial charge >= 0.3 is 6.03 Å². The van der Waals surface area contributed by atoms with Gasteiger partial charge in [-0.1, -0.05) is 30.3 Å². The van der Waals surface area contributed by atoms with E-state index in [9.17, 15) is 4.79 Å². The number of aromatic nitrogens is 1. The summed E-state index contributed by atoms with van der Waals surface area (Å²) in [7, 11) is 1.60. The maximum absolute atomic E-state index is 12.2. The number of ether oxygens (including phenoxy) is 1. The molecular weight excluding hydrogens is 326 g/mol. The van der Waals surface area contributed by atoms with Gasteiger partial charge in [0.1, 0.15) is 5.75 Å². The molecule has 0 fully saturated rings. The standard InChI is InChI=1S/C21H23N3O2/c1-16-7-3-4-8-17(16)15-24-12-6-10-19(24)14-22-21(25)23-18-9-5-11-20(13-18)26-2/h3-13H,14-15H2,1-2H3,(H2,22,23,25). The molecule has 5 nitrogen and oxygen atoms in total. The number of nitrogens with one attached hydrogen (secondary N) is 2. The van der Waals surface area contributed by atoms with Crippen molar-refractivity contribution >= 4 is 11.7 Å². The van der Waals surface area contributed by atoms with Gasteiger partial charge in [-0.05, 0) is 42.3 Å². The number of urea groups is 1. The minimum atomic E-state index is -0.248. The normalized spacial score (nSPS) is 10.4. The van der Waals surface area contributed by atoms with E-state index in [4.69, 9.17) is 4.74 Å². The molecule has 0 spiro atoms. The Morgan fingerprint density at radius 1 is 1.08 bits per heavy atom. The average Bonchev–Trinajstić information content (AvgIpc) is 3.09. The van der Waals surface area contributed by atoms with Gasteiger partial charge < -0.3 is 19.9 Å². The third kappa shape index (κ3) is 4.45. The number of hydrogen-bond acceptors (Lipinski definition) is 2. The summed E-state index contributed by atoms with van der Waals surface area (Å²) in [6.07, 6.45) is 2.03. The van der Waals surface area contributed by atoms with Crippen LogP contribution in [0.15, 0.2) is 66.9 Å². The number of hydrogen-bond donors (Lipinski definition) is 2. The monoisotopic (exact) mass is 349 g/mol. The molecule has 2 aromatic carbocycles. The Labute approximate surface area is 153 Å². The number of amides is 2. The van der Waals surface area contributed by atoms with Crippen molar-refractivity contribution in [2.45, 2.75) is 20.0 Å². The Morgan fingerprint density at radius 2 is 1.92 bits per heavy atom. The molecule has 0 saturated heterocycles. The van der Waals surface area contributed by atoms with Gasteiger partial charge in [0.25, 0.3) is 0 Å². The summed E-state index contributed by atoms with van der Waals surface area (Å²) in [5, 5.41) is 5.72. The second-order valence-corrected chi connectivity index (χ2v) is 6.09. The van der Waals surface area contributed by atoms with Crippen LogP contribution in [0.1, 0.15) is 16.8 Å². The van der Waals surface area contributed by atoms with Crippen molar-refractivity contribution in [2.75, 3.05) is 12.4 Å². The summed E-state index contributed by atoms with van der Waals surface area (Å²) in [6, 6.07) is 19.4. The lowest BCUT2D eigenvalue weighted by Gasteiger charge is -2.13. The lowest BCUT2D eigenvalue weighted by atomic mass is 10.1. The van der Waals surface area contributed by atoms with Crippen LogP contribution in [0.4, 0.5) is 10.5 Å². The van der Waals surface area contributed by atoms with Crippen LogP contribution >= 0.6 is 0 Å². The van der Waals surface area contributed by atoms with Crippen molar-refractivity contribution in [3.05, 3.63) is 83.7 Å². The first kappa shape index (κ1) is 17.6. The highest BCUT2D eigenvalue weighted by atomic mass is 16.5. The van der Waals surface area contributed by atoms with E-state index in [0.29, 0.717) is 18.0 Å². The minimum absolute atomic E-state index is 0.248. The second-order valence-electron chi connectivity index (χ2n) is 6.09. The highest BCUT2D eigenvalue weighted by Crippen LogP contribution is 2.16. The van der Waals surface area contributed by atoms with E-state index in [-0.39, 0.29) is 6.03 Å². The molecule has 2 amide bonds. The quantitative estimate of drug-likeness (QED) is 0.701. The molecule has 0 unspecified atom stereocenters. The molecule has 0 atom stereocenters. The molecule has 0 aliphatic heterocycles. The van der Waals surface area contributed by atoms with Crippen molar-refractivity contribution in [3.63, 3.8) is 0 Å². The first-order valence-corrected chi connectivity index (χ1v) is 8.53. The third-order valence-electron chi connectivity index (χ3n) is 4.28. The fourth-order valence-corrected chi connectivity index (χ4v) is 2.78. The lowest BCUT2D eigenvalue weighted by molar-refractivity contribution is 0.251. The van der Waals surface area contributed by atoms with E-state index >= 15 is 0 Å². The summed E-state index contributed by atoms with van der Waals surface area (Å²) in [5.74, 6) is 0.704. The molecule has 0 bridgehead atoms. The number of anilines is 1. The van der Waals surface area contributed by atoms with E-state index in [1.807, 2.05) is 48.7 Å². The zero-order valence-corrected chi connectivity index (χ0v) is 15.0. The largest absolute Gasteiger partial charge is 0.497 e. The van der Waals surface area contributed by atoms with Crippen molar-refractivity contribution in [3.8, 4) is 5.75 Å². The summed E-state index contributed by atoms with van der Waals surface area (Å²) in [5.41, 5.74) is 4.27. The predicted molar refractivity (Wildman–Crippen MR) is 104 cm³/mol. The summed E-state index contributed by atoms with van der Waals surface area (Å²) in [6.45, 7) is 3.35. The van der Waals surface area contributed by atoms with E-state index < -0.39 is 0 Å². The summed E-state index contributed by atoms with van der Waals surface area (Å²) >= 11 is 0. The fourth-order valence-electron chi connectivity index (χ4n) is 2.78. The topological polar surface area (TPSA) is 55.3 Å². The average molecular weight is 349 g/mol. The predicted octanol–water partition coefficient (Wildman–Crippen LogP) is 4.18. The molecule has 134 valence electrons. The number of nitrogens with zero attached hydrogens (tertiary/aromatic N) is 1. The lowest BCUT2D eigenvalue weighted by Crippen LogP contribution is -2.29. The number of carbonyl (C=O) groups excluding carboxylic acids is 1. The molecule has 0 aliphatic rings. The Morgan fingerprint density at radius 3 is 2.73 bits per heavy atom. The SMILES string of the molecule is COc1cccc(NC(=O)NCc2cccn2Cc2ccccc2C)c1. The molecule has 3 aromatic rings. The Kier molecular flexibility index (Phi) is 5.59. The van der Waals surface area contributed by atoms with Crippen molar-refractivity contribution in [2.24, 2.45) is 0 Å². The van der Waals surface area contributed by atoms with Gasteiger partial charge in [0.15, 0.2) is 0 Å². The van der Waals surface area contributed by atoms with Crippen LogP contribution in [0.25, 0.3) is 0 Å². The van der Waals surface area contributed by atoms with Gasteiger partial charge in [-0.3, -0.25) is 0 Å². The number of carbonyl (C=O) groups is 1. The van der Waals surface area contributed by atoms with Gasteiger partial charge in [0.05, 0.1) is 13.7 Å². The molecule has 0 radical (unpaired) electrons. The van der Waals surface area contributed by atoms with Gasteiger partial charge in [0.2, 0.25) is 0 Å². The molecule has 0 aliphatic carbocycles. The summed E-state index contributed by atoms with van der Waals surface area (Å²) in [4.78, 5) is 12.2. The maximum Gasteiger partial charge on any atom is 0.319 e. The van der Waals surface area contributed by atoms with E-state index in [0.717, 1.165) is 12.2 Å². The third-order valence-corrected chi connectivity index (χ3v) is 4.28. The van der Waals surface area contributed by atoms with Gasteiger partial charge in [0, 0.05) is 30.2 Å². The fraction of sp³-hybridized carbons (Fsp3) is 0.190. The molecule has 1 aromatic heterocycles. The molecular formula is C21H23N3O2. The first-order valence-electron chi connectivity index (χ1n) is 8.53. The van der Waals surface area contributed by atoms with Crippen molar-refractivity contribution < 1.29 is 9.53 Å². The first-order chi connectivity index (χ1) is 12.7. The molecule has 2 N–H and O–H groups in total. The van der Waals surface area contributed by atoms with Crippen LogP contribution < -0.4 is 15.4 Å².